The quantitative estimate of drug-likeness (QED) is 0.0965. The molecule has 320 valence electrons. The Labute approximate surface area is 357 Å². The van der Waals surface area contributed by atoms with Crippen LogP contribution in [-0.2, 0) is 10.8 Å². The molecule has 4 nitrogen and oxygen atoms in total. The molecule has 4 N–H and O–H groups in total. The number of hydrogen-bond donors (Lipinski definition) is 4. The van der Waals surface area contributed by atoms with Gasteiger partial charge in [0.25, 0.3) is 0 Å². The van der Waals surface area contributed by atoms with Gasteiger partial charge in [-0.2, -0.15) is 0 Å². The monoisotopic (exact) mass is 801 g/mol. The van der Waals surface area contributed by atoms with Crippen LogP contribution in [0.5, 0.6) is 23.0 Å². The highest BCUT2D eigenvalue weighted by atomic mass is 16.3. The smallest absolute Gasteiger partial charge is 0.119 e. The molecular weight excluding hydrogens is 725 g/mol. The SMILES string of the molecule is CCC(C)c1cc(C2(c3ccc(O)c(C(C)CC)c3)CCC(C(CC)C3CCC(c4ccc(O)c(C(C)CC)c4)(c4ccc(O)c(C(C)CC)c4)CC3)CC2)ccc1O. The zero-order valence-corrected chi connectivity index (χ0v) is 38.0. The van der Waals surface area contributed by atoms with Crippen molar-refractivity contribution >= 4 is 0 Å². The van der Waals surface area contributed by atoms with Gasteiger partial charge >= 0.3 is 0 Å². The van der Waals surface area contributed by atoms with E-state index in [1.807, 2.05) is 24.3 Å². The van der Waals surface area contributed by atoms with Crippen molar-refractivity contribution in [1.29, 1.82) is 0 Å². The van der Waals surface area contributed by atoms with Crippen LogP contribution in [-0.4, -0.2) is 20.4 Å². The van der Waals surface area contributed by atoms with Gasteiger partial charge in [-0.25, -0.2) is 0 Å². The molecule has 0 amide bonds. The van der Waals surface area contributed by atoms with E-state index in [0.717, 1.165) is 99.3 Å². The van der Waals surface area contributed by atoms with Gasteiger partial charge in [-0.15, -0.1) is 0 Å². The molecule has 4 unspecified atom stereocenters. The Balaban J connectivity index is 1.32. The van der Waals surface area contributed by atoms with Crippen LogP contribution in [0.15, 0.2) is 72.8 Å². The fourth-order valence-corrected chi connectivity index (χ4v) is 11.5. The predicted molar refractivity (Wildman–Crippen MR) is 247 cm³/mol. The second-order valence-corrected chi connectivity index (χ2v) is 19.2. The first-order valence-electron chi connectivity index (χ1n) is 23.6. The fourth-order valence-electron chi connectivity index (χ4n) is 11.5. The third-order valence-corrected chi connectivity index (χ3v) is 16.3. The summed E-state index contributed by atoms with van der Waals surface area (Å²) in [5.74, 6) is 4.57. The average molecular weight is 801 g/mol. The molecule has 2 aliphatic carbocycles. The largest absolute Gasteiger partial charge is 0.508 e. The number of phenols is 4. The van der Waals surface area contributed by atoms with Gasteiger partial charge in [0.1, 0.15) is 23.0 Å². The number of rotatable bonds is 15. The number of aromatic hydroxyl groups is 4. The molecule has 6 rings (SSSR count). The standard InChI is InChI=1S/C55H76O4/c1-10-35(6)46-31-41(15-19-50(46)56)54(42-16-20-51(57)47(32-42)36(7)11-2)27-23-39(24-28-54)45(14-5)40-25-29-55(30-26-40,43-17-21-52(58)48(33-43)37(8)12-3)44-18-22-53(59)49(34-44)38(9)13-4/h15-22,31-40,45,56-59H,10-14,23-30H2,1-9H3. The van der Waals surface area contributed by atoms with Gasteiger partial charge in [0.15, 0.2) is 0 Å². The molecule has 0 aliphatic heterocycles. The Hall–Kier alpha value is -3.92. The Kier molecular flexibility index (Phi) is 14.2. The van der Waals surface area contributed by atoms with E-state index in [1.165, 1.54) is 28.7 Å². The predicted octanol–water partition coefficient (Wildman–Crippen LogP) is 15.2. The summed E-state index contributed by atoms with van der Waals surface area (Å²) in [6.07, 6.45) is 13.9. The summed E-state index contributed by atoms with van der Waals surface area (Å²) in [7, 11) is 0. The van der Waals surface area contributed by atoms with Crippen LogP contribution in [0, 0.1) is 17.8 Å². The second-order valence-electron chi connectivity index (χ2n) is 19.2. The lowest BCUT2D eigenvalue weighted by molar-refractivity contribution is 0.105. The van der Waals surface area contributed by atoms with E-state index in [2.05, 4.69) is 111 Å². The van der Waals surface area contributed by atoms with Gasteiger partial charge in [-0.3, -0.25) is 0 Å². The van der Waals surface area contributed by atoms with E-state index in [0.29, 0.717) is 40.8 Å². The maximum Gasteiger partial charge on any atom is 0.119 e. The Morgan fingerprint density at radius 1 is 0.407 bits per heavy atom. The second kappa shape index (κ2) is 18.8. The third kappa shape index (κ3) is 8.67. The summed E-state index contributed by atoms with van der Waals surface area (Å²) in [6.45, 7) is 20.1. The van der Waals surface area contributed by atoms with E-state index in [4.69, 9.17) is 0 Å². The fraction of sp³-hybridized carbons (Fsp3) is 0.564. The summed E-state index contributed by atoms with van der Waals surface area (Å²) in [5, 5.41) is 44.1. The van der Waals surface area contributed by atoms with E-state index in [1.54, 1.807) is 0 Å². The molecule has 4 aromatic rings. The molecule has 4 aromatic carbocycles. The lowest BCUT2D eigenvalue weighted by atomic mass is 9.56. The first kappa shape index (κ1) is 44.6. The topological polar surface area (TPSA) is 80.9 Å². The van der Waals surface area contributed by atoms with Crippen molar-refractivity contribution in [3.63, 3.8) is 0 Å². The molecule has 0 heterocycles. The number of benzene rings is 4. The maximum absolute atomic E-state index is 11.0. The molecular formula is C55H76O4. The summed E-state index contributed by atoms with van der Waals surface area (Å²) < 4.78 is 0. The van der Waals surface area contributed by atoms with E-state index < -0.39 is 0 Å². The van der Waals surface area contributed by atoms with Crippen LogP contribution in [0.25, 0.3) is 0 Å². The van der Waals surface area contributed by atoms with E-state index >= 15 is 0 Å². The molecule has 59 heavy (non-hydrogen) atoms. The lowest BCUT2D eigenvalue weighted by Crippen LogP contribution is -2.39. The van der Waals surface area contributed by atoms with Crippen molar-refractivity contribution in [3.05, 3.63) is 117 Å². The van der Waals surface area contributed by atoms with Gasteiger partial charge in [0.2, 0.25) is 0 Å². The molecule has 4 atom stereocenters. The summed E-state index contributed by atoms with van der Waals surface area (Å²) in [6, 6.07) is 25.7. The number of phenolic OH excluding ortho intramolecular Hbond substituents is 4. The average Bonchev–Trinajstić information content (AvgIpc) is 3.26. The third-order valence-electron chi connectivity index (χ3n) is 16.3. The zero-order valence-electron chi connectivity index (χ0n) is 38.0. The van der Waals surface area contributed by atoms with Gasteiger partial charge in [0, 0.05) is 10.8 Å². The highest BCUT2D eigenvalue weighted by Crippen LogP contribution is 2.55. The van der Waals surface area contributed by atoms with Crippen molar-refractivity contribution in [2.75, 3.05) is 0 Å². The minimum Gasteiger partial charge on any atom is -0.508 e. The first-order chi connectivity index (χ1) is 28.3. The molecule has 2 saturated carbocycles. The molecule has 0 aromatic heterocycles. The van der Waals surface area contributed by atoms with Crippen molar-refractivity contribution in [2.24, 2.45) is 17.8 Å². The molecule has 0 saturated heterocycles. The molecule has 0 radical (unpaired) electrons. The normalized spacial score (nSPS) is 24.9. The Bertz CT molecular complexity index is 1750. The van der Waals surface area contributed by atoms with E-state index in [-0.39, 0.29) is 34.5 Å². The molecule has 4 heteroatoms. The van der Waals surface area contributed by atoms with Gasteiger partial charge in [0.05, 0.1) is 0 Å². The molecule has 2 aliphatic rings. The highest BCUT2D eigenvalue weighted by molar-refractivity contribution is 5.51. The lowest BCUT2D eigenvalue weighted by Gasteiger charge is -2.48. The summed E-state index contributed by atoms with van der Waals surface area (Å²) in [4.78, 5) is 0. The highest BCUT2D eigenvalue weighted by Gasteiger charge is 2.45. The van der Waals surface area contributed by atoms with Crippen LogP contribution in [0.2, 0.25) is 0 Å². The van der Waals surface area contributed by atoms with Crippen molar-refractivity contribution in [2.45, 2.75) is 180 Å². The summed E-state index contributed by atoms with van der Waals surface area (Å²) >= 11 is 0. The van der Waals surface area contributed by atoms with Crippen molar-refractivity contribution in [3.8, 4) is 23.0 Å². The van der Waals surface area contributed by atoms with Crippen LogP contribution in [0.3, 0.4) is 0 Å². The molecule has 0 bridgehead atoms. The minimum atomic E-state index is -0.180. The van der Waals surface area contributed by atoms with Crippen LogP contribution < -0.4 is 0 Å². The van der Waals surface area contributed by atoms with Gasteiger partial charge in [-0.1, -0.05) is 117 Å². The van der Waals surface area contributed by atoms with Crippen LogP contribution in [0.1, 0.15) is 214 Å². The molecule has 0 spiro atoms. The van der Waals surface area contributed by atoms with E-state index in [9.17, 15) is 20.4 Å². The Morgan fingerprint density at radius 3 is 0.847 bits per heavy atom. The first-order valence-corrected chi connectivity index (χ1v) is 23.6. The minimum absolute atomic E-state index is 0.180. The summed E-state index contributed by atoms with van der Waals surface area (Å²) in [5.41, 5.74) is 9.01. The van der Waals surface area contributed by atoms with Crippen molar-refractivity contribution < 1.29 is 20.4 Å². The zero-order chi connectivity index (χ0) is 42.6. The van der Waals surface area contributed by atoms with Crippen molar-refractivity contribution in [1.82, 2.24) is 0 Å². The van der Waals surface area contributed by atoms with Crippen LogP contribution >= 0.6 is 0 Å². The number of hydrogen-bond acceptors (Lipinski definition) is 4. The maximum atomic E-state index is 11.0. The molecule has 2 fully saturated rings. The van der Waals surface area contributed by atoms with Crippen LogP contribution in [0.4, 0.5) is 0 Å². The van der Waals surface area contributed by atoms with Gasteiger partial charge < -0.3 is 20.4 Å². The van der Waals surface area contributed by atoms with Gasteiger partial charge in [-0.05, 0) is 187 Å². The Morgan fingerprint density at radius 2 is 0.644 bits per heavy atom.